The first-order chi connectivity index (χ1) is 13.5. The molecule has 146 valence electrons. The van der Waals surface area contributed by atoms with Crippen LogP contribution in [0.15, 0.2) is 34.4 Å². The van der Waals surface area contributed by atoms with Gasteiger partial charge in [0.15, 0.2) is 0 Å². The summed E-state index contributed by atoms with van der Waals surface area (Å²) >= 11 is 7.33. The summed E-state index contributed by atoms with van der Waals surface area (Å²) < 4.78 is 1.47. The maximum absolute atomic E-state index is 12.9. The van der Waals surface area contributed by atoms with Crippen LogP contribution in [0.4, 0.5) is 0 Å². The molecule has 6 nitrogen and oxygen atoms in total. The summed E-state index contributed by atoms with van der Waals surface area (Å²) in [4.78, 5) is 31.6. The zero-order valence-electron chi connectivity index (χ0n) is 15.6. The second-order valence-corrected chi connectivity index (χ2v) is 8.24. The molecule has 0 unspecified atom stereocenters. The van der Waals surface area contributed by atoms with E-state index in [2.05, 4.69) is 10.1 Å². The van der Waals surface area contributed by atoms with Crippen molar-refractivity contribution in [2.45, 2.75) is 32.6 Å². The van der Waals surface area contributed by atoms with E-state index in [1.165, 1.54) is 16.0 Å². The minimum Gasteiger partial charge on any atom is -0.343 e. The average Bonchev–Trinajstić information content (AvgIpc) is 3.42. The van der Waals surface area contributed by atoms with E-state index in [1.807, 2.05) is 41.5 Å². The van der Waals surface area contributed by atoms with Gasteiger partial charge in [-0.15, -0.1) is 11.3 Å². The van der Waals surface area contributed by atoms with Gasteiger partial charge in [0.05, 0.1) is 5.69 Å². The zero-order valence-corrected chi connectivity index (χ0v) is 17.1. The molecule has 1 amide bonds. The van der Waals surface area contributed by atoms with Crippen molar-refractivity contribution >= 4 is 28.8 Å². The van der Waals surface area contributed by atoms with E-state index < -0.39 is 0 Å². The van der Waals surface area contributed by atoms with E-state index >= 15 is 0 Å². The predicted molar refractivity (Wildman–Crippen MR) is 111 cm³/mol. The number of benzene rings is 1. The molecule has 2 aromatic heterocycles. The van der Waals surface area contributed by atoms with Gasteiger partial charge < -0.3 is 4.90 Å². The number of halogens is 1. The molecule has 1 N–H and O–H groups in total. The third kappa shape index (κ3) is 3.77. The number of hydrogen-bond donors (Lipinski definition) is 1. The molecule has 1 saturated heterocycles. The van der Waals surface area contributed by atoms with E-state index in [9.17, 15) is 9.59 Å². The van der Waals surface area contributed by atoms with Crippen molar-refractivity contribution in [3.63, 3.8) is 0 Å². The van der Waals surface area contributed by atoms with Crippen LogP contribution in [0.25, 0.3) is 16.4 Å². The lowest BCUT2D eigenvalue weighted by atomic mass is 10.1. The normalized spacial score (nSPS) is 14.0. The van der Waals surface area contributed by atoms with Gasteiger partial charge in [0.1, 0.15) is 0 Å². The Morgan fingerprint density at radius 3 is 2.68 bits per heavy atom. The van der Waals surface area contributed by atoms with Gasteiger partial charge in [-0.2, -0.15) is 4.68 Å². The molecular formula is C20H21ClN4O2S. The Bertz CT molecular complexity index is 1050. The highest BCUT2D eigenvalue weighted by Gasteiger charge is 2.20. The van der Waals surface area contributed by atoms with Crippen LogP contribution in [0.2, 0.25) is 5.02 Å². The molecule has 3 heterocycles. The molecular weight excluding hydrogens is 396 g/mol. The summed E-state index contributed by atoms with van der Waals surface area (Å²) in [5.74, 6) is 0.128. The number of rotatable bonds is 5. The van der Waals surface area contributed by atoms with E-state index in [1.54, 1.807) is 0 Å². The van der Waals surface area contributed by atoms with Crippen LogP contribution in [0.5, 0.6) is 0 Å². The Balaban J connectivity index is 1.53. The lowest BCUT2D eigenvalue weighted by molar-refractivity contribution is -0.130. The lowest BCUT2D eigenvalue weighted by Gasteiger charge is -2.14. The highest BCUT2D eigenvalue weighted by Crippen LogP contribution is 2.25. The Kier molecular flexibility index (Phi) is 5.37. The van der Waals surface area contributed by atoms with Crippen molar-refractivity contribution in [2.24, 2.45) is 0 Å². The smallest absolute Gasteiger partial charge is 0.276 e. The molecule has 1 fully saturated rings. The van der Waals surface area contributed by atoms with Gasteiger partial charge in [0.25, 0.3) is 5.56 Å². The van der Waals surface area contributed by atoms with Gasteiger partial charge >= 0.3 is 0 Å². The molecule has 28 heavy (non-hydrogen) atoms. The van der Waals surface area contributed by atoms with Crippen LogP contribution in [-0.4, -0.2) is 38.7 Å². The Morgan fingerprint density at radius 1 is 1.25 bits per heavy atom. The fourth-order valence-corrected chi connectivity index (χ4v) is 4.40. The van der Waals surface area contributed by atoms with Crippen molar-refractivity contribution in [3.8, 4) is 16.4 Å². The average molecular weight is 417 g/mol. The maximum atomic E-state index is 12.9. The number of aromatic nitrogens is 3. The summed E-state index contributed by atoms with van der Waals surface area (Å²) in [6.07, 6.45) is 2.95. The number of aromatic amines is 1. The second kappa shape index (κ2) is 7.93. The first-order valence-corrected chi connectivity index (χ1v) is 10.6. The quantitative estimate of drug-likeness (QED) is 0.687. The number of amides is 1. The van der Waals surface area contributed by atoms with Gasteiger partial charge in [-0.3, -0.25) is 14.7 Å². The highest BCUT2D eigenvalue weighted by molar-refractivity contribution is 7.12. The predicted octanol–water partition coefficient (Wildman–Crippen LogP) is 3.81. The molecule has 4 rings (SSSR count). The van der Waals surface area contributed by atoms with Crippen LogP contribution in [0.1, 0.15) is 30.5 Å². The van der Waals surface area contributed by atoms with Crippen molar-refractivity contribution in [3.05, 3.63) is 56.3 Å². The molecule has 1 aliphatic rings. The third-order valence-electron chi connectivity index (χ3n) is 5.06. The lowest BCUT2D eigenvalue weighted by Crippen LogP contribution is -2.28. The van der Waals surface area contributed by atoms with Crippen LogP contribution < -0.4 is 5.56 Å². The number of nitrogens with zero attached hydrogens (tertiary/aromatic N) is 3. The van der Waals surface area contributed by atoms with Gasteiger partial charge in [-0.25, -0.2) is 4.98 Å². The topological polar surface area (TPSA) is 71.0 Å². The molecule has 1 aliphatic heterocycles. The minimum atomic E-state index is -0.135. The van der Waals surface area contributed by atoms with Crippen molar-refractivity contribution < 1.29 is 4.79 Å². The van der Waals surface area contributed by atoms with Crippen LogP contribution in [0, 0.1) is 6.92 Å². The minimum absolute atomic E-state index is 0.128. The molecule has 0 radical (unpaired) electrons. The summed E-state index contributed by atoms with van der Waals surface area (Å²) in [6, 6.07) is 7.44. The number of hydrogen-bond acceptors (Lipinski definition) is 4. The number of aryl methyl sites for hydroxylation is 1. The van der Waals surface area contributed by atoms with E-state index in [0.717, 1.165) is 42.9 Å². The molecule has 0 saturated carbocycles. The SMILES string of the molecule is Cc1[nH]n(-c2nc(-c3ccc(Cl)cc3)cs2)c(=O)c1CCC(=O)N1CCCC1. The zero-order chi connectivity index (χ0) is 19.7. The van der Waals surface area contributed by atoms with E-state index in [4.69, 9.17) is 11.6 Å². The summed E-state index contributed by atoms with van der Waals surface area (Å²) in [6.45, 7) is 3.53. The number of H-pyrrole nitrogens is 1. The Labute approximate surface area is 171 Å². The third-order valence-corrected chi connectivity index (χ3v) is 6.14. The standard InChI is InChI=1S/C20H21ClN4O2S/c1-13-16(8-9-18(26)24-10-2-3-11-24)19(27)25(23-13)20-22-17(12-28-20)14-4-6-15(21)7-5-14/h4-7,12,23H,2-3,8-11H2,1H3. The maximum Gasteiger partial charge on any atom is 0.276 e. The van der Waals surface area contributed by atoms with Crippen molar-refractivity contribution in [1.29, 1.82) is 0 Å². The molecule has 1 aromatic carbocycles. The van der Waals surface area contributed by atoms with Crippen molar-refractivity contribution in [1.82, 2.24) is 19.7 Å². The van der Waals surface area contributed by atoms with Gasteiger partial charge in [0.2, 0.25) is 11.0 Å². The van der Waals surface area contributed by atoms with Crippen LogP contribution in [-0.2, 0) is 11.2 Å². The van der Waals surface area contributed by atoms with E-state index in [0.29, 0.717) is 28.6 Å². The first-order valence-electron chi connectivity index (χ1n) is 9.33. The Hall–Kier alpha value is -2.38. The first kappa shape index (κ1) is 19.0. The summed E-state index contributed by atoms with van der Waals surface area (Å²) in [7, 11) is 0. The molecule has 0 aliphatic carbocycles. The highest BCUT2D eigenvalue weighted by atomic mass is 35.5. The Morgan fingerprint density at radius 2 is 1.96 bits per heavy atom. The van der Waals surface area contributed by atoms with Gasteiger partial charge in [0, 0.05) is 46.7 Å². The fourth-order valence-electron chi connectivity index (χ4n) is 3.49. The number of likely N-dealkylation sites (tertiary alicyclic amines) is 1. The summed E-state index contributed by atoms with van der Waals surface area (Å²) in [5, 5.41) is 6.27. The van der Waals surface area contributed by atoms with Gasteiger partial charge in [-0.1, -0.05) is 23.7 Å². The monoisotopic (exact) mass is 416 g/mol. The van der Waals surface area contributed by atoms with E-state index in [-0.39, 0.29) is 11.5 Å². The number of thiazole rings is 1. The van der Waals surface area contributed by atoms with Gasteiger partial charge in [-0.05, 0) is 38.3 Å². The largest absolute Gasteiger partial charge is 0.343 e. The number of carbonyl (C=O) groups is 1. The second-order valence-electron chi connectivity index (χ2n) is 6.97. The summed E-state index contributed by atoms with van der Waals surface area (Å²) in [5.41, 5.74) is 3.03. The molecule has 3 aromatic rings. The van der Waals surface area contributed by atoms with Crippen LogP contribution in [0.3, 0.4) is 0 Å². The van der Waals surface area contributed by atoms with Crippen molar-refractivity contribution in [2.75, 3.05) is 13.1 Å². The molecule has 0 bridgehead atoms. The number of nitrogens with one attached hydrogen (secondary N) is 1. The molecule has 0 atom stereocenters. The molecule has 0 spiro atoms. The molecule has 8 heteroatoms. The fraction of sp³-hybridized carbons (Fsp3) is 0.350. The van der Waals surface area contributed by atoms with Crippen LogP contribution >= 0.6 is 22.9 Å². The number of carbonyl (C=O) groups excluding carboxylic acids is 1.